The SMILES string of the molecule is CCOC(=O)C1=C(C)NC(C)(Nc2nc(-c3ccccc3O)cs2)C(C(=O)OCC)C1c1ccccc1. The number of para-hydroxylation sites is 1. The average Bonchev–Trinajstić information content (AvgIpc) is 3.32. The number of carbonyl (C=O) groups is 2. The van der Waals surface area contributed by atoms with Gasteiger partial charge in [0.25, 0.3) is 0 Å². The molecule has 1 aliphatic rings. The van der Waals surface area contributed by atoms with Crippen LogP contribution in [0.2, 0.25) is 0 Å². The van der Waals surface area contributed by atoms with Gasteiger partial charge in [0.05, 0.1) is 24.5 Å². The van der Waals surface area contributed by atoms with Gasteiger partial charge < -0.3 is 25.2 Å². The van der Waals surface area contributed by atoms with Gasteiger partial charge >= 0.3 is 11.9 Å². The van der Waals surface area contributed by atoms with E-state index in [9.17, 15) is 14.7 Å². The van der Waals surface area contributed by atoms with E-state index in [1.165, 1.54) is 11.3 Å². The van der Waals surface area contributed by atoms with Crippen molar-refractivity contribution in [2.24, 2.45) is 5.92 Å². The number of esters is 2. The zero-order valence-corrected chi connectivity index (χ0v) is 22.1. The van der Waals surface area contributed by atoms with Gasteiger partial charge in [-0.3, -0.25) is 4.79 Å². The van der Waals surface area contributed by atoms with Crippen LogP contribution in [-0.4, -0.2) is 40.9 Å². The molecule has 37 heavy (non-hydrogen) atoms. The highest BCUT2D eigenvalue weighted by Gasteiger charge is 2.53. The second-order valence-corrected chi connectivity index (χ2v) is 9.74. The van der Waals surface area contributed by atoms with E-state index in [4.69, 9.17) is 9.47 Å². The van der Waals surface area contributed by atoms with Gasteiger partial charge in [-0.05, 0) is 45.4 Å². The van der Waals surface area contributed by atoms with Crippen molar-refractivity contribution in [1.29, 1.82) is 0 Å². The molecular weight excluding hydrogens is 490 g/mol. The Labute approximate surface area is 220 Å². The van der Waals surface area contributed by atoms with Gasteiger partial charge in [0.2, 0.25) is 0 Å². The fourth-order valence-electron chi connectivity index (χ4n) is 4.86. The zero-order chi connectivity index (χ0) is 26.6. The lowest BCUT2D eigenvalue weighted by atomic mass is 9.71. The molecule has 1 aliphatic heterocycles. The van der Waals surface area contributed by atoms with Crippen LogP contribution in [0.4, 0.5) is 5.13 Å². The number of phenolic OH excluding ortho intramolecular Hbond substituents is 1. The van der Waals surface area contributed by atoms with E-state index in [1.807, 2.05) is 48.7 Å². The van der Waals surface area contributed by atoms with Crippen LogP contribution in [0.5, 0.6) is 5.75 Å². The molecule has 0 amide bonds. The van der Waals surface area contributed by atoms with Crippen LogP contribution >= 0.6 is 11.3 Å². The topological polar surface area (TPSA) is 110 Å². The zero-order valence-electron chi connectivity index (χ0n) is 21.3. The number of thiazole rings is 1. The Balaban J connectivity index is 1.81. The van der Waals surface area contributed by atoms with E-state index < -0.39 is 29.4 Å². The Morgan fingerprint density at radius 1 is 1.08 bits per heavy atom. The number of benzene rings is 2. The fraction of sp³-hybridized carbons (Fsp3) is 0.321. The lowest BCUT2D eigenvalue weighted by Crippen LogP contribution is -2.62. The molecule has 3 atom stereocenters. The second-order valence-electron chi connectivity index (χ2n) is 8.88. The summed E-state index contributed by atoms with van der Waals surface area (Å²) >= 11 is 1.35. The van der Waals surface area contributed by atoms with Crippen molar-refractivity contribution in [2.75, 3.05) is 18.5 Å². The first kappa shape index (κ1) is 26.2. The van der Waals surface area contributed by atoms with E-state index >= 15 is 0 Å². The molecule has 1 aromatic heterocycles. The van der Waals surface area contributed by atoms with Gasteiger partial charge in [0, 0.05) is 22.6 Å². The quantitative estimate of drug-likeness (QED) is 0.354. The third-order valence-electron chi connectivity index (χ3n) is 6.36. The van der Waals surface area contributed by atoms with Gasteiger partial charge in [0.1, 0.15) is 17.3 Å². The van der Waals surface area contributed by atoms with Gasteiger partial charge in [0.15, 0.2) is 5.13 Å². The van der Waals surface area contributed by atoms with Crippen molar-refractivity contribution >= 4 is 28.4 Å². The standard InChI is InChI=1S/C28H31N3O5S/c1-5-35-25(33)22-17(3)30-28(4,24(26(34)36-6-2)23(22)18-12-8-7-9-13-18)31-27-29-20(16-37-27)19-14-10-11-15-21(19)32/h7-16,23-24,30,32H,5-6H2,1-4H3,(H,29,31). The molecule has 0 radical (unpaired) electrons. The molecular formula is C28H31N3O5S. The highest BCUT2D eigenvalue weighted by atomic mass is 32.1. The lowest BCUT2D eigenvalue weighted by Gasteiger charge is -2.46. The Morgan fingerprint density at radius 3 is 2.43 bits per heavy atom. The van der Waals surface area contributed by atoms with Crippen molar-refractivity contribution in [3.8, 4) is 17.0 Å². The number of nitrogens with one attached hydrogen (secondary N) is 2. The maximum atomic E-state index is 13.6. The van der Waals surface area contributed by atoms with Crippen LogP contribution in [0.15, 0.2) is 71.2 Å². The summed E-state index contributed by atoms with van der Waals surface area (Å²) in [5.74, 6) is -2.27. The monoisotopic (exact) mass is 521 g/mol. The third-order valence-corrected chi connectivity index (χ3v) is 7.12. The molecule has 0 spiro atoms. The number of aromatic hydroxyl groups is 1. The summed E-state index contributed by atoms with van der Waals surface area (Å²) in [6.45, 7) is 7.57. The van der Waals surface area contributed by atoms with Gasteiger partial charge in [-0.15, -0.1) is 11.3 Å². The number of ether oxygens (including phenoxy) is 2. The van der Waals surface area contributed by atoms with Crippen molar-refractivity contribution in [2.45, 2.75) is 39.3 Å². The Kier molecular flexibility index (Phi) is 7.83. The Hall–Kier alpha value is -3.85. The number of phenols is 1. The molecule has 2 heterocycles. The Morgan fingerprint density at radius 2 is 1.76 bits per heavy atom. The van der Waals surface area contributed by atoms with Crippen LogP contribution in [0.25, 0.3) is 11.3 Å². The van der Waals surface area contributed by atoms with Crippen molar-refractivity contribution in [3.05, 3.63) is 76.8 Å². The molecule has 0 saturated carbocycles. The average molecular weight is 522 g/mol. The lowest BCUT2D eigenvalue weighted by molar-refractivity contribution is -0.152. The molecule has 2 aromatic carbocycles. The fourth-order valence-corrected chi connectivity index (χ4v) is 5.68. The summed E-state index contributed by atoms with van der Waals surface area (Å²) in [5.41, 5.74) is 1.93. The minimum Gasteiger partial charge on any atom is -0.507 e. The number of hydrogen-bond acceptors (Lipinski definition) is 9. The minimum absolute atomic E-state index is 0.132. The molecule has 0 bridgehead atoms. The molecule has 8 nitrogen and oxygen atoms in total. The second kappa shape index (κ2) is 11.0. The number of anilines is 1. The van der Waals surface area contributed by atoms with Crippen LogP contribution < -0.4 is 10.6 Å². The third kappa shape index (κ3) is 5.32. The Bertz CT molecular complexity index is 1310. The first-order valence-electron chi connectivity index (χ1n) is 12.2. The first-order chi connectivity index (χ1) is 17.8. The molecule has 194 valence electrons. The summed E-state index contributed by atoms with van der Waals surface area (Å²) in [6.07, 6.45) is 0. The maximum Gasteiger partial charge on any atom is 0.336 e. The molecule has 0 fully saturated rings. The predicted molar refractivity (Wildman–Crippen MR) is 143 cm³/mol. The predicted octanol–water partition coefficient (Wildman–Crippen LogP) is 5.05. The molecule has 0 aliphatic carbocycles. The molecule has 4 rings (SSSR count). The highest BCUT2D eigenvalue weighted by Crippen LogP contribution is 2.45. The van der Waals surface area contributed by atoms with Crippen LogP contribution in [-0.2, 0) is 19.1 Å². The number of rotatable bonds is 8. The van der Waals surface area contributed by atoms with E-state index in [1.54, 1.807) is 39.0 Å². The summed E-state index contributed by atoms with van der Waals surface area (Å²) in [6, 6.07) is 16.4. The van der Waals surface area contributed by atoms with Crippen molar-refractivity contribution in [3.63, 3.8) is 0 Å². The van der Waals surface area contributed by atoms with Gasteiger partial charge in [-0.2, -0.15) is 0 Å². The van der Waals surface area contributed by atoms with E-state index in [0.717, 1.165) is 5.56 Å². The van der Waals surface area contributed by atoms with Crippen LogP contribution in [0.1, 0.15) is 39.2 Å². The molecule has 0 saturated heterocycles. The summed E-state index contributed by atoms with van der Waals surface area (Å²) in [5, 5.41) is 19.4. The van der Waals surface area contributed by atoms with Gasteiger partial charge in [-0.1, -0.05) is 42.5 Å². The normalized spacial score (nSPS) is 21.2. The summed E-state index contributed by atoms with van der Waals surface area (Å²) < 4.78 is 10.9. The number of hydrogen-bond donors (Lipinski definition) is 3. The first-order valence-corrected chi connectivity index (χ1v) is 13.1. The largest absolute Gasteiger partial charge is 0.507 e. The van der Waals surface area contributed by atoms with Crippen molar-refractivity contribution in [1.82, 2.24) is 10.3 Å². The van der Waals surface area contributed by atoms with E-state index in [0.29, 0.717) is 27.7 Å². The molecule has 3 aromatic rings. The van der Waals surface area contributed by atoms with Crippen molar-refractivity contribution < 1.29 is 24.2 Å². The number of allylic oxidation sites excluding steroid dienone is 1. The molecule has 9 heteroatoms. The van der Waals surface area contributed by atoms with Crippen LogP contribution in [0.3, 0.4) is 0 Å². The maximum absolute atomic E-state index is 13.6. The molecule has 3 unspecified atom stereocenters. The number of aromatic nitrogens is 1. The summed E-state index contributed by atoms with van der Waals surface area (Å²) in [4.78, 5) is 31.4. The van der Waals surface area contributed by atoms with Crippen LogP contribution in [0, 0.1) is 5.92 Å². The number of carbonyl (C=O) groups excluding carboxylic acids is 2. The van der Waals surface area contributed by atoms with E-state index in [2.05, 4.69) is 15.6 Å². The van der Waals surface area contributed by atoms with Gasteiger partial charge in [-0.25, -0.2) is 9.78 Å². The highest BCUT2D eigenvalue weighted by molar-refractivity contribution is 7.14. The minimum atomic E-state index is -1.07. The number of nitrogens with zero attached hydrogens (tertiary/aromatic N) is 1. The summed E-state index contributed by atoms with van der Waals surface area (Å²) in [7, 11) is 0. The van der Waals surface area contributed by atoms with E-state index in [-0.39, 0.29) is 19.0 Å². The smallest absolute Gasteiger partial charge is 0.336 e. The molecule has 3 N–H and O–H groups in total.